The van der Waals surface area contributed by atoms with Gasteiger partial charge in [0, 0.05) is 7.05 Å². The van der Waals surface area contributed by atoms with Crippen LogP contribution in [0.1, 0.15) is 17.2 Å². The van der Waals surface area contributed by atoms with E-state index in [1.807, 2.05) is 0 Å². The minimum atomic E-state index is -5.13. The monoisotopic (exact) mass is 408 g/mol. The van der Waals surface area contributed by atoms with Crippen LogP contribution < -0.4 is 5.73 Å². The third-order valence-electron chi connectivity index (χ3n) is 3.72. The molecule has 1 amide bonds. The van der Waals surface area contributed by atoms with Crippen LogP contribution in [0.4, 0.5) is 22.0 Å². The molecular weight excluding hydrogens is 395 g/mol. The maximum absolute atomic E-state index is 13.4. The highest BCUT2D eigenvalue weighted by atomic mass is 32.2. The highest BCUT2D eigenvalue weighted by Gasteiger charge is 2.38. The number of likely N-dealkylation sites (N-methyl/N-ethyl adjacent to an activating group) is 1. The average Bonchev–Trinajstić information content (AvgIpc) is 2.53. The zero-order valence-electron chi connectivity index (χ0n) is 13.7. The van der Waals surface area contributed by atoms with Crippen LogP contribution in [-0.4, -0.2) is 25.7 Å². The summed E-state index contributed by atoms with van der Waals surface area (Å²) in [7, 11) is -3.81. The quantitative estimate of drug-likeness (QED) is 0.773. The molecule has 0 bridgehead atoms. The highest BCUT2D eigenvalue weighted by Crippen LogP contribution is 2.34. The predicted molar refractivity (Wildman–Crippen MR) is 84.7 cm³/mol. The van der Waals surface area contributed by atoms with Crippen molar-refractivity contribution in [3.63, 3.8) is 0 Å². The van der Waals surface area contributed by atoms with Crippen molar-refractivity contribution in [2.24, 2.45) is 5.73 Å². The topological polar surface area (TPSA) is 80.5 Å². The Labute approximate surface area is 151 Å². The van der Waals surface area contributed by atoms with Crippen LogP contribution in [0, 0.1) is 11.6 Å². The number of amides is 1. The zero-order valence-corrected chi connectivity index (χ0v) is 14.5. The first-order valence-corrected chi connectivity index (χ1v) is 8.69. The van der Waals surface area contributed by atoms with Gasteiger partial charge in [-0.25, -0.2) is 17.2 Å². The Balaban J connectivity index is 2.56. The molecule has 0 radical (unpaired) electrons. The van der Waals surface area contributed by atoms with Crippen molar-refractivity contribution < 1.29 is 35.2 Å². The van der Waals surface area contributed by atoms with Crippen LogP contribution in [0.2, 0.25) is 0 Å². The van der Waals surface area contributed by atoms with E-state index < -0.39 is 50.2 Å². The van der Waals surface area contributed by atoms with Gasteiger partial charge in [0.25, 0.3) is 0 Å². The Morgan fingerprint density at radius 2 is 1.74 bits per heavy atom. The van der Waals surface area contributed by atoms with Crippen LogP contribution in [0.3, 0.4) is 0 Å². The summed E-state index contributed by atoms with van der Waals surface area (Å²) in [5.74, 6) is -3.60. The van der Waals surface area contributed by atoms with E-state index >= 15 is 0 Å². The predicted octanol–water partition coefficient (Wildman–Crippen LogP) is 2.83. The van der Waals surface area contributed by atoms with Gasteiger partial charge >= 0.3 is 6.18 Å². The third kappa shape index (κ3) is 4.25. The van der Waals surface area contributed by atoms with Gasteiger partial charge in [-0.15, -0.1) is 0 Å². The Hall–Kier alpha value is -2.53. The first kappa shape index (κ1) is 20.8. The van der Waals surface area contributed by atoms with Crippen molar-refractivity contribution in [2.45, 2.75) is 17.1 Å². The fourth-order valence-corrected chi connectivity index (χ4v) is 3.76. The van der Waals surface area contributed by atoms with Crippen LogP contribution >= 0.6 is 0 Å². The minimum absolute atomic E-state index is 0.116. The Morgan fingerprint density at radius 1 is 1.11 bits per heavy atom. The molecule has 0 aliphatic carbocycles. The van der Waals surface area contributed by atoms with Crippen molar-refractivity contribution in [3.05, 3.63) is 65.2 Å². The summed E-state index contributed by atoms with van der Waals surface area (Å²) in [5.41, 5.74) is 3.31. The molecule has 0 spiro atoms. The van der Waals surface area contributed by atoms with E-state index in [1.54, 1.807) is 0 Å². The number of carbonyl (C=O) groups excluding carboxylic acids is 1. The Bertz CT molecular complexity index is 976. The first-order valence-electron chi connectivity index (χ1n) is 7.25. The average molecular weight is 408 g/mol. The number of nitrogens with zero attached hydrogens (tertiary/aromatic N) is 1. The normalized spacial score (nSPS) is 13.6. The molecule has 2 aromatic carbocycles. The van der Waals surface area contributed by atoms with Gasteiger partial charge in [0.15, 0.2) is 0 Å². The summed E-state index contributed by atoms with van der Waals surface area (Å²) in [5, 5.41) is 0. The molecule has 0 saturated heterocycles. The molecular formula is C16H13F5N2O3S. The van der Waals surface area contributed by atoms with E-state index in [-0.39, 0.29) is 11.6 Å². The second-order valence-corrected chi connectivity index (χ2v) is 7.52. The number of hydrogen-bond acceptors (Lipinski definition) is 3. The van der Waals surface area contributed by atoms with Gasteiger partial charge in [-0.1, -0.05) is 12.1 Å². The largest absolute Gasteiger partial charge is 0.419 e. The molecule has 11 heteroatoms. The molecule has 5 nitrogen and oxygen atoms in total. The van der Waals surface area contributed by atoms with Gasteiger partial charge in [0.2, 0.25) is 15.9 Å². The lowest BCUT2D eigenvalue weighted by Crippen LogP contribution is -2.39. The fraction of sp³-hybridized carbons (Fsp3) is 0.188. The van der Waals surface area contributed by atoms with Gasteiger partial charge in [-0.2, -0.15) is 17.5 Å². The number of nitrogens with two attached hydrogens (primary N) is 1. The summed E-state index contributed by atoms with van der Waals surface area (Å²) in [4.78, 5) is 10.9. The van der Waals surface area contributed by atoms with Gasteiger partial charge in [-0.05, 0) is 35.9 Å². The van der Waals surface area contributed by atoms with Gasteiger partial charge in [0.1, 0.15) is 17.7 Å². The lowest BCUT2D eigenvalue weighted by Gasteiger charge is -2.25. The lowest BCUT2D eigenvalue weighted by atomic mass is 10.1. The van der Waals surface area contributed by atoms with Crippen molar-refractivity contribution in [2.75, 3.05) is 7.05 Å². The van der Waals surface area contributed by atoms with Crippen molar-refractivity contribution >= 4 is 15.9 Å². The number of sulfonamides is 1. The van der Waals surface area contributed by atoms with E-state index in [9.17, 15) is 35.2 Å². The molecule has 27 heavy (non-hydrogen) atoms. The molecule has 0 aliphatic heterocycles. The first-order chi connectivity index (χ1) is 12.4. The lowest BCUT2D eigenvalue weighted by molar-refractivity contribution is -0.140. The van der Waals surface area contributed by atoms with E-state index in [0.29, 0.717) is 16.4 Å². The molecule has 1 atom stereocenters. The second kappa shape index (κ2) is 7.24. The molecule has 1 unspecified atom stereocenters. The van der Waals surface area contributed by atoms with E-state index in [0.717, 1.165) is 19.2 Å². The van der Waals surface area contributed by atoms with E-state index in [1.165, 1.54) is 12.1 Å². The van der Waals surface area contributed by atoms with Gasteiger partial charge < -0.3 is 5.73 Å². The molecule has 2 aromatic rings. The number of benzene rings is 2. The summed E-state index contributed by atoms with van der Waals surface area (Å²) >= 11 is 0. The molecule has 146 valence electrons. The van der Waals surface area contributed by atoms with Gasteiger partial charge in [0.05, 0.1) is 10.5 Å². The van der Waals surface area contributed by atoms with Crippen LogP contribution in [0.25, 0.3) is 0 Å². The fourth-order valence-electron chi connectivity index (χ4n) is 2.42. The third-order valence-corrected chi connectivity index (χ3v) is 5.54. The molecule has 0 fully saturated rings. The SMILES string of the molecule is CN(C(C(N)=O)c1cccc(F)c1)S(=O)(=O)c1ccc(F)c(C(F)(F)F)c1. The summed E-state index contributed by atoms with van der Waals surface area (Å²) < 4.78 is 91.1. The Morgan fingerprint density at radius 3 is 2.26 bits per heavy atom. The smallest absolute Gasteiger partial charge is 0.368 e. The molecule has 0 heterocycles. The minimum Gasteiger partial charge on any atom is -0.368 e. The van der Waals surface area contributed by atoms with Crippen molar-refractivity contribution in [1.82, 2.24) is 4.31 Å². The maximum atomic E-state index is 13.4. The molecule has 2 rings (SSSR count). The summed E-state index contributed by atoms with van der Waals surface area (Å²) in [6.07, 6.45) is -5.13. The van der Waals surface area contributed by atoms with Gasteiger partial charge in [-0.3, -0.25) is 4.79 Å². The number of carbonyl (C=O) groups is 1. The van der Waals surface area contributed by atoms with E-state index in [2.05, 4.69) is 0 Å². The summed E-state index contributed by atoms with van der Waals surface area (Å²) in [6, 6.07) is 3.76. The number of halogens is 5. The Kier molecular flexibility index (Phi) is 5.57. The number of alkyl halides is 3. The maximum Gasteiger partial charge on any atom is 0.419 e. The van der Waals surface area contributed by atoms with Crippen LogP contribution in [0.5, 0.6) is 0 Å². The van der Waals surface area contributed by atoms with Crippen LogP contribution in [-0.2, 0) is 21.0 Å². The van der Waals surface area contributed by atoms with Crippen LogP contribution in [0.15, 0.2) is 47.4 Å². The van der Waals surface area contributed by atoms with Crippen molar-refractivity contribution in [3.8, 4) is 0 Å². The van der Waals surface area contributed by atoms with Crippen molar-refractivity contribution in [1.29, 1.82) is 0 Å². The zero-order chi connectivity index (χ0) is 20.6. The highest BCUT2D eigenvalue weighted by molar-refractivity contribution is 7.89. The number of hydrogen-bond donors (Lipinski definition) is 1. The molecule has 0 aromatic heterocycles. The number of primary amides is 1. The standard InChI is InChI=1S/C16H13F5N2O3S/c1-23(14(15(22)24)9-3-2-4-10(17)7-9)27(25,26)11-5-6-13(18)12(8-11)16(19,20)21/h2-8,14H,1H3,(H2,22,24). The molecule has 0 aliphatic rings. The second-order valence-electron chi connectivity index (χ2n) is 5.52. The van der Waals surface area contributed by atoms with E-state index in [4.69, 9.17) is 5.73 Å². The summed E-state index contributed by atoms with van der Waals surface area (Å²) in [6.45, 7) is 0. The number of rotatable bonds is 5. The molecule has 2 N–H and O–H groups in total. The molecule has 0 saturated carbocycles.